The molecule has 8 heteroatoms. The first-order valence-corrected chi connectivity index (χ1v) is 7.05. The van der Waals surface area contributed by atoms with Gasteiger partial charge < -0.3 is 25.0 Å². The first-order valence-electron chi connectivity index (χ1n) is 7.05. The van der Waals surface area contributed by atoms with E-state index >= 15 is 0 Å². The van der Waals surface area contributed by atoms with Crippen molar-refractivity contribution >= 4 is 17.8 Å². The molecule has 1 aromatic carbocycles. The molecular weight excluding hydrogens is 306 g/mol. The topological polar surface area (TPSA) is 125 Å². The Bertz CT molecular complexity index is 598. The summed E-state index contributed by atoms with van der Waals surface area (Å²) in [5.74, 6) is -2.46. The molecule has 1 aliphatic heterocycles. The van der Waals surface area contributed by atoms with Crippen LogP contribution in [0.2, 0.25) is 0 Å². The molecule has 1 heterocycles. The van der Waals surface area contributed by atoms with E-state index < -0.39 is 36.1 Å². The second-order valence-electron chi connectivity index (χ2n) is 5.00. The molecule has 0 saturated carbocycles. The van der Waals surface area contributed by atoms with E-state index in [9.17, 15) is 24.6 Å². The minimum Gasteiger partial charge on any atom is -0.508 e. The van der Waals surface area contributed by atoms with E-state index in [0.717, 1.165) is 0 Å². The van der Waals surface area contributed by atoms with Gasteiger partial charge in [0.15, 0.2) is 12.2 Å². The third-order valence-corrected chi connectivity index (χ3v) is 3.26. The fourth-order valence-electron chi connectivity index (χ4n) is 2.04. The van der Waals surface area contributed by atoms with Crippen LogP contribution in [0.5, 0.6) is 5.75 Å². The standard InChI is InChI=1S/C15H17NO7/c1-2-22-15(21)12-11(23-12)13(18)16-10(14(19)20)7-8-3-5-9(17)6-4-8/h3-6,10-12,17H,2,7H2,1H3,(H,16,18)(H,19,20)/t10-,11?,12+/m0/s1. The van der Waals surface area contributed by atoms with E-state index in [1.54, 1.807) is 19.1 Å². The minimum atomic E-state index is -1.21. The molecule has 0 aliphatic carbocycles. The van der Waals surface area contributed by atoms with Crippen molar-refractivity contribution in [2.24, 2.45) is 0 Å². The number of hydrogen-bond donors (Lipinski definition) is 3. The largest absolute Gasteiger partial charge is 0.508 e. The SMILES string of the molecule is CCOC(=O)[C@@H]1OC1C(=O)N[C@@H](Cc1ccc(O)cc1)C(=O)O. The number of aromatic hydroxyl groups is 1. The zero-order valence-corrected chi connectivity index (χ0v) is 12.4. The molecular formula is C15H17NO7. The van der Waals surface area contributed by atoms with Crippen LogP contribution in [-0.4, -0.2) is 52.9 Å². The van der Waals surface area contributed by atoms with Gasteiger partial charge in [-0.15, -0.1) is 0 Å². The molecule has 124 valence electrons. The Balaban J connectivity index is 1.92. The Morgan fingerprint density at radius 1 is 1.26 bits per heavy atom. The molecule has 0 aromatic heterocycles. The number of carboxylic acids is 1. The lowest BCUT2D eigenvalue weighted by atomic mass is 10.1. The summed E-state index contributed by atoms with van der Waals surface area (Å²) in [5, 5.41) is 20.7. The highest BCUT2D eigenvalue weighted by Crippen LogP contribution is 2.24. The molecule has 3 N–H and O–H groups in total. The van der Waals surface area contributed by atoms with Crippen molar-refractivity contribution in [2.45, 2.75) is 31.6 Å². The maximum absolute atomic E-state index is 11.9. The van der Waals surface area contributed by atoms with Gasteiger partial charge >= 0.3 is 11.9 Å². The van der Waals surface area contributed by atoms with Crippen LogP contribution in [0.25, 0.3) is 0 Å². The average molecular weight is 323 g/mol. The van der Waals surface area contributed by atoms with Crippen molar-refractivity contribution in [3.8, 4) is 5.75 Å². The van der Waals surface area contributed by atoms with Crippen LogP contribution in [0.4, 0.5) is 0 Å². The van der Waals surface area contributed by atoms with Gasteiger partial charge in [-0.3, -0.25) is 4.79 Å². The Hall–Kier alpha value is -2.61. The third-order valence-electron chi connectivity index (χ3n) is 3.26. The minimum absolute atomic E-state index is 0.0398. The van der Waals surface area contributed by atoms with Gasteiger partial charge in [0.05, 0.1) is 6.61 Å². The summed E-state index contributed by atoms with van der Waals surface area (Å²) in [6.07, 6.45) is -1.95. The van der Waals surface area contributed by atoms with E-state index in [0.29, 0.717) is 5.56 Å². The van der Waals surface area contributed by atoms with Crippen molar-refractivity contribution in [1.29, 1.82) is 0 Å². The summed E-state index contributed by atoms with van der Waals surface area (Å²) in [4.78, 5) is 34.6. The number of carboxylic acid groups (broad SMARTS) is 1. The van der Waals surface area contributed by atoms with Crippen LogP contribution in [0, 0.1) is 0 Å². The fourth-order valence-corrected chi connectivity index (χ4v) is 2.04. The third kappa shape index (κ3) is 4.43. The number of aliphatic carboxylic acids is 1. The second kappa shape index (κ2) is 7.10. The monoisotopic (exact) mass is 323 g/mol. The van der Waals surface area contributed by atoms with Crippen molar-refractivity contribution in [1.82, 2.24) is 5.32 Å². The highest BCUT2D eigenvalue weighted by atomic mass is 16.6. The molecule has 2 rings (SSSR count). The number of esters is 1. The molecule has 8 nitrogen and oxygen atoms in total. The van der Waals surface area contributed by atoms with Gasteiger partial charge in [0.25, 0.3) is 5.91 Å². The summed E-state index contributed by atoms with van der Waals surface area (Å²) < 4.78 is 9.65. The number of ether oxygens (including phenoxy) is 2. The molecule has 1 aliphatic rings. The van der Waals surface area contributed by atoms with E-state index in [4.69, 9.17) is 9.47 Å². The zero-order chi connectivity index (χ0) is 17.0. The number of benzene rings is 1. The number of phenolic OH excluding ortho intramolecular Hbond substituents is 1. The molecule has 1 aromatic rings. The van der Waals surface area contributed by atoms with Crippen LogP contribution in [0.1, 0.15) is 12.5 Å². The highest BCUT2D eigenvalue weighted by molar-refractivity contribution is 5.94. The summed E-state index contributed by atoms with van der Waals surface area (Å²) in [5.41, 5.74) is 0.633. The quantitative estimate of drug-likeness (QED) is 0.470. The molecule has 0 bridgehead atoms. The molecule has 1 fully saturated rings. The average Bonchev–Trinajstić information content (AvgIpc) is 3.29. The van der Waals surface area contributed by atoms with Gasteiger partial charge in [-0.25, -0.2) is 9.59 Å². The van der Waals surface area contributed by atoms with Gasteiger partial charge in [-0.05, 0) is 24.6 Å². The Morgan fingerprint density at radius 2 is 1.91 bits per heavy atom. The zero-order valence-electron chi connectivity index (χ0n) is 12.4. The lowest BCUT2D eigenvalue weighted by Gasteiger charge is -2.14. The number of epoxide rings is 1. The van der Waals surface area contributed by atoms with Crippen LogP contribution >= 0.6 is 0 Å². The summed E-state index contributed by atoms with van der Waals surface area (Å²) in [6, 6.07) is 4.81. The predicted octanol–water partition coefficient (Wildman–Crippen LogP) is -0.165. The maximum atomic E-state index is 11.9. The number of phenols is 1. The van der Waals surface area contributed by atoms with Crippen LogP contribution < -0.4 is 5.32 Å². The molecule has 1 saturated heterocycles. The number of hydrogen-bond acceptors (Lipinski definition) is 6. The molecule has 1 amide bonds. The molecule has 0 radical (unpaired) electrons. The van der Waals surface area contributed by atoms with Crippen molar-refractivity contribution in [3.63, 3.8) is 0 Å². The first-order chi connectivity index (χ1) is 10.9. The van der Waals surface area contributed by atoms with Crippen molar-refractivity contribution in [2.75, 3.05) is 6.61 Å². The number of carbonyl (C=O) groups excluding carboxylic acids is 2. The lowest BCUT2D eigenvalue weighted by Crippen LogP contribution is -2.44. The van der Waals surface area contributed by atoms with Crippen molar-refractivity contribution < 1.29 is 34.1 Å². The van der Waals surface area contributed by atoms with Crippen LogP contribution in [-0.2, 0) is 30.3 Å². The normalized spacial score (nSPS) is 20.4. The number of amides is 1. The fraction of sp³-hybridized carbons (Fsp3) is 0.400. The number of nitrogens with one attached hydrogen (secondary N) is 1. The van der Waals surface area contributed by atoms with E-state index in [1.165, 1.54) is 12.1 Å². The van der Waals surface area contributed by atoms with Gasteiger partial charge in [-0.1, -0.05) is 12.1 Å². The summed E-state index contributed by atoms with van der Waals surface area (Å²) in [7, 11) is 0. The maximum Gasteiger partial charge on any atom is 0.338 e. The van der Waals surface area contributed by atoms with Crippen molar-refractivity contribution in [3.05, 3.63) is 29.8 Å². The highest BCUT2D eigenvalue weighted by Gasteiger charge is 2.52. The molecule has 0 spiro atoms. The van der Waals surface area contributed by atoms with E-state index in [-0.39, 0.29) is 18.8 Å². The Kier molecular flexibility index (Phi) is 5.17. The van der Waals surface area contributed by atoms with Gasteiger partial charge in [0, 0.05) is 6.42 Å². The Morgan fingerprint density at radius 3 is 2.48 bits per heavy atom. The first kappa shape index (κ1) is 16.8. The molecule has 3 atom stereocenters. The van der Waals surface area contributed by atoms with Crippen LogP contribution in [0.3, 0.4) is 0 Å². The van der Waals surface area contributed by atoms with Gasteiger partial charge in [0.1, 0.15) is 11.8 Å². The summed E-state index contributed by atoms with van der Waals surface area (Å²) in [6.45, 7) is 1.80. The smallest absolute Gasteiger partial charge is 0.338 e. The molecule has 1 unspecified atom stereocenters. The number of rotatable bonds is 7. The van der Waals surface area contributed by atoms with Gasteiger partial charge in [0.2, 0.25) is 0 Å². The van der Waals surface area contributed by atoms with E-state index in [2.05, 4.69) is 5.32 Å². The summed E-state index contributed by atoms with van der Waals surface area (Å²) >= 11 is 0. The van der Waals surface area contributed by atoms with Crippen LogP contribution in [0.15, 0.2) is 24.3 Å². The number of carbonyl (C=O) groups is 3. The predicted molar refractivity (Wildman–Crippen MR) is 76.7 cm³/mol. The second-order valence-corrected chi connectivity index (χ2v) is 5.00. The Labute approximate surface area is 132 Å². The molecule has 23 heavy (non-hydrogen) atoms. The van der Waals surface area contributed by atoms with E-state index in [1.807, 2.05) is 0 Å². The van der Waals surface area contributed by atoms with Gasteiger partial charge in [-0.2, -0.15) is 0 Å². The lowest BCUT2D eigenvalue weighted by molar-refractivity contribution is -0.144.